The number of allylic oxidation sites excluding steroid dienone is 5. The van der Waals surface area contributed by atoms with Gasteiger partial charge in [0.2, 0.25) is 0 Å². The summed E-state index contributed by atoms with van der Waals surface area (Å²) in [5.74, 6) is 0. The molecule has 6 rings (SSSR count). The van der Waals surface area contributed by atoms with E-state index >= 15 is 0 Å². The maximum absolute atomic E-state index is 3.64. The topological polar surface area (TPSA) is 12.0 Å². The maximum Gasteiger partial charge on any atom is 0.0402 e. The molecule has 1 heterocycles. The van der Waals surface area contributed by atoms with Crippen LogP contribution in [0.1, 0.15) is 29.5 Å². The molecule has 0 fully saturated rings. The molecular formula is C31H27N. The van der Waals surface area contributed by atoms with Crippen LogP contribution in [0.15, 0.2) is 103 Å². The predicted octanol–water partition coefficient (Wildman–Crippen LogP) is 5.30. The number of hydrogen-bond donors (Lipinski definition) is 1. The van der Waals surface area contributed by atoms with Crippen molar-refractivity contribution in [1.82, 2.24) is 5.32 Å². The highest BCUT2D eigenvalue weighted by Gasteiger charge is 2.39. The molecule has 0 bridgehead atoms. The van der Waals surface area contributed by atoms with Gasteiger partial charge in [-0.1, -0.05) is 91.0 Å². The summed E-state index contributed by atoms with van der Waals surface area (Å²) in [6.45, 7) is 0. The average molecular weight is 414 g/mol. The van der Waals surface area contributed by atoms with Gasteiger partial charge in [-0.05, 0) is 76.1 Å². The van der Waals surface area contributed by atoms with Gasteiger partial charge in [0.1, 0.15) is 0 Å². The van der Waals surface area contributed by atoms with Crippen LogP contribution in [0, 0.1) is 0 Å². The summed E-state index contributed by atoms with van der Waals surface area (Å²) >= 11 is 0. The fourth-order valence-electron chi connectivity index (χ4n) is 5.76. The average Bonchev–Trinajstić information content (AvgIpc) is 3.14. The molecule has 32 heavy (non-hydrogen) atoms. The molecule has 1 nitrogen and oxygen atoms in total. The van der Waals surface area contributed by atoms with E-state index in [-0.39, 0.29) is 5.41 Å². The first-order chi connectivity index (χ1) is 15.9. The summed E-state index contributed by atoms with van der Waals surface area (Å²) in [6.07, 6.45) is 19.8. The Bertz CT molecular complexity index is 1390. The Labute approximate surface area is 189 Å². The van der Waals surface area contributed by atoms with Crippen molar-refractivity contribution < 1.29 is 0 Å². The highest BCUT2D eigenvalue weighted by Crippen LogP contribution is 2.40. The number of nitrogens with one attached hydrogen (secondary N) is 1. The van der Waals surface area contributed by atoms with Gasteiger partial charge in [0.05, 0.1) is 0 Å². The molecule has 3 aromatic carbocycles. The summed E-state index contributed by atoms with van der Waals surface area (Å²) in [7, 11) is 0. The highest BCUT2D eigenvalue weighted by atomic mass is 14.9. The van der Waals surface area contributed by atoms with E-state index in [0.717, 1.165) is 25.7 Å². The van der Waals surface area contributed by atoms with Crippen molar-refractivity contribution in [1.29, 1.82) is 0 Å². The van der Waals surface area contributed by atoms with Crippen molar-refractivity contribution in [3.63, 3.8) is 0 Å². The largest absolute Gasteiger partial charge is 0.364 e. The molecule has 3 aliphatic rings. The Balaban J connectivity index is 1.59. The van der Waals surface area contributed by atoms with Crippen LogP contribution in [0.25, 0.3) is 23.3 Å². The molecule has 3 aromatic rings. The van der Waals surface area contributed by atoms with Gasteiger partial charge in [0.15, 0.2) is 0 Å². The first-order valence-electron chi connectivity index (χ1n) is 11.6. The van der Waals surface area contributed by atoms with Gasteiger partial charge in [-0.2, -0.15) is 0 Å². The Morgan fingerprint density at radius 3 is 2.56 bits per heavy atom. The standard InChI is InChI=1S/C31H27N/c1-3-10-23(11-4-1)22-31(30-15-5-2-8-21-32-30)20-9-14-28-27-17-16-24-12-6-7-13-25(24)26(27)18-19-29(28)31/h1-8,10-15,17-19,21,32H,9,16,20,22H2. The van der Waals surface area contributed by atoms with Crippen molar-refractivity contribution >= 4 is 12.2 Å². The molecule has 0 aromatic heterocycles. The Hall–Kier alpha value is -3.58. The Morgan fingerprint density at radius 2 is 1.62 bits per heavy atom. The number of fused-ring (bicyclic) bond motifs is 5. The van der Waals surface area contributed by atoms with E-state index in [0.29, 0.717) is 0 Å². The maximum atomic E-state index is 3.64. The van der Waals surface area contributed by atoms with Crippen molar-refractivity contribution in [2.45, 2.75) is 31.1 Å². The summed E-state index contributed by atoms with van der Waals surface area (Å²) in [5.41, 5.74) is 8.23. The van der Waals surface area contributed by atoms with E-state index in [1.54, 1.807) is 0 Å². The van der Waals surface area contributed by atoms with Gasteiger partial charge in [-0.15, -0.1) is 0 Å². The van der Waals surface area contributed by atoms with Gasteiger partial charge >= 0.3 is 0 Å². The molecule has 1 atom stereocenters. The molecule has 0 radical (unpaired) electrons. The van der Waals surface area contributed by atoms with Gasteiger partial charge in [-0.25, -0.2) is 0 Å². The van der Waals surface area contributed by atoms with E-state index < -0.39 is 0 Å². The molecular weight excluding hydrogens is 386 g/mol. The molecule has 1 N–H and O–H groups in total. The number of hydrogen-bond acceptors (Lipinski definition) is 1. The van der Waals surface area contributed by atoms with E-state index in [1.165, 1.54) is 44.0 Å². The van der Waals surface area contributed by atoms with Crippen LogP contribution in [0.4, 0.5) is 0 Å². The van der Waals surface area contributed by atoms with E-state index in [4.69, 9.17) is 0 Å². The first-order valence-corrected chi connectivity index (χ1v) is 11.6. The second-order valence-electron chi connectivity index (χ2n) is 9.01. The zero-order chi connectivity index (χ0) is 21.4. The lowest BCUT2D eigenvalue weighted by molar-refractivity contribution is 0.438. The van der Waals surface area contributed by atoms with Crippen LogP contribution >= 0.6 is 0 Å². The van der Waals surface area contributed by atoms with E-state index in [1.807, 2.05) is 0 Å². The third-order valence-corrected chi connectivity index (χ3v) is 7.24. The van der Waals surface area contributed by atoms with Crippen molar-refractivity contribution in [3.8, 4) is 11.1 Å². The minimum atomic E-state index is -0.0791. The van der Waals surface area contributed by atoms with Crippen molar-refractivity contribution in [2.24, 2.45) is 0 Å². The summed E-state index contributed by atoms with van der Waals surface area (Å²) in [4.78, 5) is 0. The SMILES string of the molecule is C1=CC=C(C2(Cc3ccccc3)CCC=c3c2ccc2c3=CCc3ccccc3-2)NC=C1. The monoisotopic (exact) mass is 413 g/mol. The summed E-state index contributed by atoms with van der Waals surface area (Å²) in [6, 6.07) is 24.6. The minimum absolute atomic E-state index is 0.0791. The van der Waals surface area contributed by atoms with Crippen molar-refractivity contribution in [3.05, 3.63) is 130 Å². The zero-order valence-corrected chi connectivity index (χ0v) is 18.2. The second-order valence-corrected chi connectivity index (χ2v) is 9.01. The van der Waals surface area contributed by atoms with Crippen LogP contribution in [-0.4, -0.2) is 0 Å². The second kappa shape index (κ2) is 7.84. The van der Waals surface area contributed by atoms with Crippen LogP contribution < -0.4 is 15.8 Å². The van der Waals surface area contributed by atoms with Crippen LogP contribution in [-0.2, 0) is 18.3 Å². The smallest absolute Gasteiger partial charge is 0.0402 e. The molecule has 2 aliphatic carbocycles. The third-order valence-electron chi connectivity index (χ3n) is 7.24. The molecule has 0 spiro atoms. The van der Waals surface area contributed by atoms with Crippen molar-refractivity contribution in [2.75, 3.05) is 0 Å². The fourth-order valence-corrected chi connectivity index (χ4v) is 5.76. The van der Waals surface area contributed by atoms with Gasteiger partial charge in [0.25, 0.3) is 0 Å². The summed E-state index contributed by atoms with van der Waals surface area (Å²) < 4.78 is 0. The predicted molar refractivity (Wildman–Crippen MR) is 134 cm³/mol. The minimum Gasteiger partial charge on any atom is -0.364 e. The molecule has 156 valence electrons. The molecule has 0 saturated carbocycles. The Morgan fingerprint density at radius 1 is 0.750 bits per heavy atom. The van der Waals surface area contributed by atoms with Gasteiger partial charge < -0.3 is 5.32 Å². The lowest BCUT2D eigenvalue weighted by Crippen LogP contribution is -2.47. The highest BCUT2D eigenvalue weighted by molar-refractivity contribution is 5.74. The molecule has 1 unspecified atom stereocenters. The van der Waals surface area contributed by atoms with Gasteiger partial charge in [0, 0.05) is 17.3 Å². The third kappa shape index (κ3) is 3.08. The van der Waals surface area contributed by atoms with Crippen LogP contribution in [0.2, 0.25) is 0 Å². The molecule has 0 saturated heterocycles. The van der Waals surface area contributed by atoms with E-state index in [2.05, 4.69) is 115 Å². The fraction of sp³-hybridized carbons (Fsp3) is 0.161. The lowest BCUT2D eigenvalue weighted by atomic mass is 9.66. The molecule has 1 heteroatoms. The normalized spacial score (nSPS) is 20.4. The quantitative estimate of drug-likeness (QED) is 0.614. The molecule has 1 aliphatic heterocycles. The van der Waals surface area contributed by atoms with Gasteiger partial charge in [-0.3, -0.25) is 0 Å². The molecule has 0 amide bonds. The number of benzene rings is 3. The van der Waals surface area contributed by atoms with Crippen LogP contribution in [0.5, 0.6) is 0 Å². The summed E-state index contributed by atoms with van der Waals surface area (Å²) in [5, 5.41) is 6.49. The van der Waals surface area contributed by atoms with E-state index in [9.17, 15) is 0 Å². The first kappa shape index (κ1) is 19.1. The van der Waals surface area contributed by atoms with Crippen LogP contribution in [0.3, 0.4) is 0 Å². The lowest BCUT2D eigenvalue weighted by Gasteiger charge is -2.40. The zero-order valence-electron chi connectivity index (χ0n) is 18.2. The number of rotatable bonds is 3. The Kier molecular flexibility index (Phi) is 4.69.